The first kappa shape index (κ1) is 16.8. The van der Waals surface area contributed by atoms with E-state index in [1.54, 1.807) is 6.08 Å². The molecule has 110 valence electrons. The molecule has 1 atom stereocenters. The van der Waals surface area contributed by atoms with Crippen molar-refractivity contribution in [2.24, 2.45) is 5.92 Å². The Kier molecular flexibility index (Phi) is 6.27. The van der Waals surface area contributed by atoms with Gasteiger partial charge in [0.25, 0.3) is 0 Å². The summed E-state index contributed by atoms with van der Waals surface area (Å²) in [4.78, 5) is 12.8. The summed E-state index contributed by atoms with van der Waals surface area (Å²) in [7, 11) is 2.08. The molecule has 0 bridgehead atoms. The minimum absolute atomic E-state index is 0.460. The molecule has 1 aromatic rings. The van der Waals surface area contributed by atoms with Gasteiger partial charge in [-0.3, -0.25) is 0 Å². The second-order valence-electron chi connectivity index (χ2n) is 5.47. The van der Waals surface area contributed by atoms with Gasteiger partial charge in [-0.05, 0) is 43.0 Å². The Morgan fingerprint density at radius 3 is 2.55 bits per heavy atom. The minimum Gasteiger partial charge on any atom is -0.478 e. The number of aliphatic carboxylic acids is 1. The summed E-state index contributed by atoms with van der Waals surface area (Å²) in [6.45, 7) is 6.66. The van der Waals surface area contributed by atoms with Crippen molar-refractivity contribution in [2.45, 2.75) is 33.2 Å². The van der Waals surface area contributed by atoms with E-state index < -0.39 is 5.97 Å². The Balaban J connectivity index is 2.88. The molecule has 0 heterocycles. The van der Waals surface area contributed by atoms with Gasteiger partial charge in [0.15, 0.2) is 0 Å². The molecule has 3 nitrogen and oxygen atoms in total. The number of carboxylic acid groups (broad SMARTS) is 1. The normalized spacial score (nSPS) is 12.9. The second kappa shape index (κ2) is 7.48. The third kappa shape index (κ3) is 5.00. The van der Waals surface area contributed by atoms with Crippen LogP contribution in [0, 0.1) is 5.92 Å². The molecule has 20 heavy (non-hydrogen) atoms. The number of carboxylic acids is 1. The van der Waals surface area contributed by atoms with Crippen LogP contribution in [0.1, 0.15) is 32.8 Å². The molecule has 1 aromatic carbocycles. The lowest BCUT2D eigenvalue weighted by atomic mass is 10.0. The van der Waals surface area contributed by atoms with Gasteiger partial charge >= 0.3 is 5.97 Å². The van der Waals surface area contributed by atoms with Crippen molar-refractivity contribution in [3.05, 3.63) is 34.3 Å². The van der Waals surface area contributed by atoms with Gasteiger partial charge in [-0.15, -0.1) is 0 Å². The minimum atomic E-state index is -0.941. The lowest BCUT2D eigenvalue weighted by Gasteiger charge is -2.28. The molecule has 0 aromatic heterocycles. The van der Waals surface area contributed by atoms with Crippen molar-refractivity contribution in [1.29, 1.82) is 0 Å². The van der Waals surface area contributed by atoms with Crippen molar-refractivity contribution < 1.29 is 9.90 Å². The van der Waals surface area contributed by atoms with Crippen LogP contribution >= 0.6 is 15.9 Å². The highest BCUT2D eigenvalue weighted by Gasteiger charge is 2.12. The predicted octanol–water partition coefficient (Wildman–Crippen LogP) is 4.42. The first-order valence-electron chi connectivity index (χ1n) is 6.74. The fraction of sp³-hybridized carbons (Fsp3) is 0.438. The number of hydrogen-bond donors (Lipinski definition) is 1. The van der Waals surface area contributed by atoms with E-state index in [1.165, 1.54) is 0 Å². The summed E-state index contributed by atoms with van der Waals surface area (Å²) in [6, 6.07) is 6.43. The Labute approximate surface area is 129 Å². The Morgan fingerprint density at radius 1 is 1.40 bits per heavy atom. The third-order valence-corrected chi connectivity index (χ3v) is 3.96. The topological polar surface area (TPSA) is 40.5 Å². The molecule has 0 saturated heterocycles. The van der Waals surface area contributed by atoms with Crippen molar-refractivity contribution in [1.82, 2.24) is 0 Å². The van der Waals surface area contributed by atoms with Crippen LogP contribution in [-0.4, -0.2) is 24.2 Å². The van der Waals surface area contributed by atoms with Crippen LogP contribution in [0.15, 0.2) is 28.7 Å². The maximum atomic E-state index is 10.5. The summed E-state index contributed by atoms with van der Waals surface area (Å²) in [6.07, 6.45) is 3.87. The van der Waals surface area contributed by atoms with E-state index in [1.807, 2.05) is 18.2 Å². The highest BCUT2D eigenvalue weighted by atomic mass is 79.9. The largest absolute Gasteiger partial charge is 0.478 e. The van der Waals surface area contributed by atoms with Crippen LogP contribution in [0.2, 0.25) is 0 Å². The Bertz CT molecular complexity index is 497. The smallest absolute Gasteiger partial charge is 0.328 e. The van der Waals surface area contributed by atoms with Crippen molar-refractivity contribution in [3.63, 3.8) is 0 Å². The van der Waals surface area contributed by atoms with Crippen LogP contribution in [-0.2, 0) is 4.79 Å². The standard InChI is InChI=1S/C16H22BrNO2/c1-11(2)9-12(3)18(4)14-7-5-13(15(17)10-14)6-8-16(19)20/h5-8,10-12H,9H2,1-4H3,(H,19,20)/b8-6+. The molecule has 1 rings (SSSR count). The molecule has 0 aliphatic carbocycles. The maximum absolute atomic E-state index is 10.5. The summed E-state index contributed by atoms with van der Waals surface area (Å²) in [5, 5.41) is 8.65. The van der Waals surface area contributed by atoms with Crippen LogP contribution in [0.5, 0.6) is 0 Å². The Morgan fingerprint density at radius 2 is 2.05 bits per heavy atom. The van der Waals surface area contributed by atoms with Crippen LogP contribution < -0.4 is 4.90 Å². The van der Waals surface area contributed by atoms with Gasteiger partial charge in [-0.25, -0.2) is 4.79 Å². The zero-order valence-corrected chi connectivity index (χ0v) is 14.0. The average molecular weight is 340 g/mol. The van der Waals surface area contributed by atoms with E-state index in [0.29, 0.717) is 12.0 Å². The first-order valence-corrected chi connectivity index (χ1v) is 7.54. The van der Waals surface area contributed by atoms with Crippen molar-refractivity contribution >= 4 is 33.7 Å². The summed E-state index contributed by atoms with van der Waals surface area (Å²) < 4.78 is 0.899. The number of rotatable bonds is 6. The fourth-order valence-electron chi connectivity index (χ4n) is 2.13. The molecule has 0 fully saturated rings. The highest BCUT2D eigenvalue weighted by molar-refractivity contribution is 9.10. The number of halogens is 1. The number of benzene rings is 1. The van der Waals surface area contributed by atoms with Gasteiger partial charge in [0.1, 0.15) is 0 Å². The zero-order valence-electron chi connectivity index (χ0n) is 12.4. The van der Waals surface area contributed by atoms with E-state index in [-0.39, 0.29) is 0 Å². The second-order valence-corrected chi connectivity index (χ2v) is 6.32. The quantitative estimate of drug-likeness (QED) is 0.780. The maximum Gasteiger partial charge on any atom is 0.328 e. The third-order valence-electron chi connectivity index (χ3n) is 3.27. The molecule has 4 heteroatoms. The van der Waals surface area contributed by atoms with Crippen LogP contribution in [0.3, 0.4) is 0 Å². The van der Waals surface area contributed by atoms with Gasteiger partial charge in [0.2, 0.25) is 0 Å². The van der Waals surface area contributed by atoms with E-state index in [2.05, 4.69) is 48.6 Å². The molecule has 0 saturated carbocycles. The van der Waals surface area contributed by atoms with Gasteiger partial charge < -0.3 is 10.0 Å². The number of nitrogens with zero attached hydrogens (tertiary/aromatic N) is 1. The Hall–Kier alpha value is -1.29. The summed E-state index contributed by atoms with van der Waals surface area (Å²) >= 11 is 3.49. The molecule has 1 unspecified atom stereocenters. The lowest BCUT2D eigenvalue weighted by Crippen LogP contribution is -2.29. The zero-order chi connectivity index (χ0) is 15.3. The molecular formula is C16H22BrNO2. The van der Waals surface area contributed by atoms with Gasteiger partial charge in [0.05, 0.1) is 0 Å². The monoisotopic (exact) mass is 339 g/mol. The van der Waals surface area contributed by atoms with E-state index in [0.717, 1.165) is 28.2 Å². The molecule has 0 radical (unpaired) electrons. The SMILES string of the molecule is CC(C)CC(C)N(C)c1ccc(/C=C/C(=O)O)c(Br)c1. The van der Waals surface area contributed by atoms with E-state index in [4.69, 9.17) is 5.11 Å². The predicted molar refractivity (Wildman–Crippen MR) is 88.1 cm³/mol. The molecule has 0 spiro atoms. The summed E-state index contributed by atoms with van der Waals surface area (Å²) in [5.74, 6) is -0.280. The van der Waals surface area contributed by atoms with Crippen molar-refractivity contribution in [3.8, 4) is 0 Å². The van der Waals surface area contributed by atoms with E-state index in [9.17, 15) is 4.79 Å². The number of anilines is 1. The molecule has 0 aliphatic rings. The van der Waals surface area contributed by atoms with Gasteiger partial charge in [-0.1, -0.05) is 35.8 Å². The lowest BCUT2D eigenvalue weighted by molar-refractivity contribution is -0.131. The van der Waals surface area contributed by atoms with Gasteiger partial charge in [0, 0.05) is 29.3 Å². The summed E-state index contributed by atoms with van der Waals surface area (Å²) in [5.41, 5.74) is 1.98. The van der Waals surface area contributed by atoms with Crippen molar-refractivity contribution in [2.75, 3.05) is 11.9 Å². The molecule has 0 aliphatic heterocycles. The average Bonchev–Trinajstić information content (AvgIpc) is 2.35. The van der Waals surface area contributed by atoms with Crippen LogP contribution in [0.4, 0.5) is 5.69 Å². The van der Waals surface area contributed by atoms with Crippen LogP contribution in [0.25, 0.3) is 6.08 Å². The van der Waals surface area contributed by atoms with Gasteiger partial charge in [-0.2, -0.15) is 0 Å². The number of hydrogen-bond acceptors (Lipinski definition) is 2. The fourth-order valence-corrected chi connectivity index (χ4v) is 2.63. The van der Waals surface area contributed by atoms with E-state index >= 15 is 0 Å². The highest BCUT2D eigenvalue weighted by Crippen LogP contribution is 2.26. The number of carbonyl (C=O) groups is 1. The molecular weight excluding hydrogens is 318 g/mol. The molecule has 0 amide bonds. The molecule has 1 N–H and O–H groups in total. The first-order chi connectivity index (χ1) is 9.31.